The third-order valence-corrected chi connectivity index (χ3v) is 2.94. The van der Waals surface area contributed by atoms with Crippen molar-refractivity contribution in [3.8, 4) is 0 Å². The van der Waals surface area contributed by atoms with Crippen LogP contribution in [0.5, 0.6) is 0 Å². The van der Waals surface area contributed by atoms with E-state index < -0.39 is 0 Å². The molecule has 1 saturated heterocycles. The Kier molecular flexibility index (Phi) is 3.57. The van der Waals surface area contributed by atoms with Gasteiger partial charge in [-0.25, -0.2) is 0 Å². The highest BCUT2D eigenvalue weighted by molar-refractivity contribution is 7.99. The number of rotatable bonds is 2. The number of thioether (sulfide) groups is 1. The number of nitrogens with one attached hydrogen (secondary N) is 1. The van der Waals surface area contributed by atoms with E-state index in [0.29, 0.717) is 6.04 Å². The molecule has 1 aliphatic rings. The van der Waals surface area contributed by atoms with Crippen molar-refractivity contribution in [2.45, 2.75) is 38.8 Å². The van der Waals surface area contributed by atoms with Gasteiger partial charge in [0.2, 0.25) is 0 Å². The normalized spacial score (nSPS) is 27.3. The van der Waals surface area contributed by atoms with Gasteiger partial charge in [-0.15, -0.1) is 0 Å². The summed E-state index contributed by atoms with van der Waals surface area (Å²) in [5.41, 5.74) is 0. The van der Waals surface area contributed by atoms with Crippen molar-refractivity contribution < 1.29 is 0 Å². The van der Waals surface area contributed by atoms with Crippen molar-refractivity contribution in [3.63, 3.8) is 0 Å². The topological polar surface area (TPSA) is 12.0 Å². The number of hydrogen-bond donors (Lipinski definition) is 1. The molecule has 1 fully saturated rings. The van der Waals surface area contributed by atoms with Crippen LogP contribution in [0.4, 0.5) is 0 Å². The lowest BCUT2D eigenvalue weighted by Crippen LogP contribution is -2.38. The molecular formula is C8H17NS. The molecule has 2 heteroatoms. The summed E-state index contributed by atoms with van der Waals surface area (Å²) in [6.45, 7) is 4.44. The van der Waals surface area contributed by atoms with Crippen molar-refractivity contribution >= 4 is 11.8 Å². The van der Waals surface area contributed by atoms with Crippen LogP contribution in [0.15, 0.2) is 0 Å². The van der Waals surface area contributed by atoms with Gasteiger partial charge in [-0.05, 0) is 18.6 Å². The van der Waals surface area contributed by atoms with E-state index in [1.165, 1.54) is 24.3 Å². The molecule has 0 radical (unpaired) electrons. The maximum Gasteiger partial charge on any atom is 0.0160 e. The zero-order valence-corrected chi connectivity index (χ0v) is 7.71. The average Bonchev–Trinajstić information content (AvgIpc) is 1.88. The third-order valence-electron chi connectivity index (χ3n) is 1.73. The summed E-state index contributed by atoms with van der Waals surface area (Å²) in [5, 5.41) is 3.56. The fraction of sp³-hybridized carbons (Fsp3) is 1.00. The van der Waals surface area contributed by atoms with E-state index in [1.54, 1.807) is 0 Å². The van der Waals surface area contributed by atoms with Crippen LogP contribution >= 0.6 is 11.8 Å². The van der Waals surface area contributed by atoms with Crippen LogP contribution in [-0.4, -0.2) is 23.6 Å². The summed E-state index contributed by atoms with van der Waals surface area (Å²) in [6.07, 6.45) is 2.78. The van der Waals surface area contributed by atoms with Gasteiger partial charge in [0, 0.05) is 17.8 Å². The Bertz CT molecular complexity index is 87.3. The summed E-state index contributed by atoms with van der Waals surface area (Å²) < 4.78 is 0. The lowest BCUT2D eigenvalue weighted by atomic mass is 10.1. The lowest BCUT2D eigenvalue weighted by Gasteiger charge is -2.24. The summed E-state index contributed by atoms with van der Waals surface area (Å²) in [7, 11) is 0. The molecule has 0 amide bonds. The maximum atomic E-state index is 3.56. The first-order valence-electron chi connectivity index (χ1n) is 4.13. The van der Waals surface area contributed by atoms with Gasteiger partial charge >= 0.3 is 0 Å². The van der Waals surface area contributed by atoms with Gasteiger partial charge in [-0.2, -0.15) is 11.8 Å². The fourth-order valence-electron chi connectivity index (χ4n) is 1.34. The zero-order chi connectivity index (χ0) is 7.40. The predicted octanol–water partition coefficient (Wildman–Crippen LogP) is 1.88. The molecule has 1 nitrogen and oxygen atoms in total. The van der Waals surface area contributed by atoms with Gasteiger partial charge in [0.1, 0.15) is 0 Å². The molecule has 60 valence electrons. The van der Waals surface area contributed by atoms with Gasteiger partial charge in [0.05, 0.1) is 0 Å². The van der Waals surface area contributed by atoms with Crippen LogP contribution in [0.25, 0.3) is 0 Å². The quantitative estimate of drug-likeness (QED) is 0.660. The molecule has 10 heavy (non-hydrogen) atoms. The van der Waals surface area contributed by atoms with Crippen molar-refractivity contribution in [3.05, 3.63) is 0 Å². The first-order chi connectivity index (χ1) is 4.79. The average molecular weight is 159 g/mol. The SMILES string of the molecule is CC(C)NC1CCCSC1. The minimum Gasteiger partial charge on any atom is -0.311 e. The van der Waals surface area contributed by atoms with Gasteiger partial charge in [0.25, 0.3) is 0 Å². The van der Waals surface area contributed by atoms with E-state index in [-0.39, 0.29) is 0 Å². The van der Waals surface area contributed by atoms with Crippen molar-refractivity contribution in [1.82, 2.24) is 5.32 Å². The Morgan fingerprint density at radius 1 is 1.50 bits per heavy atom. The molecule has 0 aliphatic carbocycles. The second-order valence-corrected chi connectivity index (χ2v) is 4.39. The Hall–Kier alpha value is 0.310. The van der Waals surface area contributed by atoms with Crippen molar-refractivity contribution in [2.24, 2.45) is 0 Å². The molecule has 0 aromatic rings. The minimum atomic E-state index is 0.656. The molecule has 0 spiro atoms. The molecule has 1 atom stereocenters. The highest BCUT2D eigenvalue weighted by atomic mass is 32.2. The highest BCUT2D eigenvalue weighted by Crippen LogP contribution is 2.16. The van der Waals surface area contributed by atoms with E-state index in [0.717, 1.165) is 6.04 Å². The maximum absolute atomic E-state index is 3.56. The molecular weight excluding hydrogens is 142 g/mol. The van der Waals surface area contributed by atoms with E-state index in [2.05, 4.69) is 30.9 Å². The molecule has 0 aromatic carbocycles. The Labute approximate surface area is 68.0 Å². The van der Waals surface area contributed by atoms with Gasteiger partial charge in [0.15, 0.2) is 0 Å². The van der Waals surface area contributed by atoms with E-state index in [9.17, 15) is 0 Å². The minimum absolute atomic E-state index is 0.656. The predicted molar refractivity (Wildman–Crippen MR) is 48.6 cm³/mol. The zero-order valence-electron chi connectivity index (χ0n) is 6.89. The van der Waals surface area contributed by atoms with E-state index >= 15 is 0 Å². The molecule has 1 rings (SSSR count). The standard InChI is InChI=1S/C8H17NS/c1-7(2)9-8-4-3-5-10-6-8/h7-9H,3-6H2,1-2H3. The Morgan fingerprint density at radius 2 is 2.30 bits per heavy atom. The van der Waals surface area contributed by atoms with E-state index in [1.807, 2.05) is 0 Å². The van der Waals surface area contributed by atoms with Crippen LogP contribution in [0, 0.1) is 0 Å². The first kappa shape index (κ1) is 8.41. The number of hydrogen-bond acceptors (Lipinski definition) is 2. The Morgan fingerprint density at radius 3 is 2.80 bits per heavy atom. The molecule has 1 heterocycles. The van der Waals surface area contributed by atoms with Crippen LogP contribution in [0.1, 0.15) is 26.7 Å². The van der Waals surface area contributed by atoms with Crippen LogP contribution in [0.3, 0.4) is 0 Å². The van der Waals surface area contributed by atoms with Gasteiger partial charge < -0.3 is 5.32 Å². The summed E-state index contributed by atoms with van der Waals surface area (Å²) in [4.78, 5) is 0. The molecule has 0 saturated carbocycles. The van der Waals surface area contributed by atoms with Gasteiger partial charge in [-0.3, -0.25) is 0 Å². The van der Waals surface area contributed by atoms with Crippen LogP contribution in [0.2, 0.25) is 0 Å². The summed E-state index contributed by atoms with van der Waals surface area (Å²) in [6, 6.07) is 1.45. The van der Waals surface area contributed by atoms with Crippen LogP contribution in [-0.2, 0) is 0 Å². The molecule has 1 unspecified atom stereocenters. The lowest BCUT2D eigenvalue weighted by molar-refractivity contribution is 0.462. The van der Waals surface area contributed by atoms with Crippen LogP contribution < -0.4 is 5.32 Å². The molecule has 0 aromatic heterocycles. The summed E-state index contributed by atoms with van der Waals surface area (Å²) in [5.74, 6) is 2.69. The largest absolute Gasteiger partial charge is 0.311 e. The fourth-order valence-corrected chi connectivity index (χ4v) is 2.43. The van der Waals surface area contributed by atoms with E-state index in [4.69, 9.17) is 0 Å². The second-order valence-electron chi connectivity index (χ2n) is 3.24. The molecule has 1 N–H and O–H groups in total. The molecule has 1 aliphatic heterocycles. The third kappa shape index (κ3) is 2.93. The smallest absolute Gasteiger partial charge is 0.0160 e. The summed E-state index contributed by atoms with van der Waals surface area (Å²) >= 11 is 2.08. The van der Waals surface area contributed by atoms with Gasteiger partial charge in [-0.1, -0.05) is 13.8 Å². The highest BCUT2D eigenvalue weighted by Gasteiger charge is 2.13. The van der Waals surface area contributed by atoms with Crippen molar-refractivity contribution in [1.29, 1.82) is 0 Å². The first-order valence-corrected chi connectivity index (χ1v) is 5.28. The second kappa shape index (κ2) is 4.24. The monoisotopic (exact) mass is 159 g/mol. The Balaban J connectivity index is 2.13. The van der Waals surface area contributed by atoms with Crippen molar-refractivity contribution in [2.75, 3.05) is 11.5 Å². The molecule has 0 bridgehead atoms.